The van der Waals surface area contributed by atoms with Crippen molar-refractivity contribution in [2.75, 3.05) is 20.1 Å². The number of hydrogen-bond acceptors (Lipinski definition) is 9. The number of primary amides is 1. The second-order valence-corrected chi connectivity index (χ2v) is 14.6. The number of nitrogens with two attached hydrogens (primary N) is 1. The minimum absolute atomic E-state index is 0. The van der Waals surface area contributed by atoms with Crippen molar-refractivity contribution in [2.24, 2.45) is 23.0 Å². The zero-order chi connectivity index (χ0) is 39.0. The standard InChI is InChI=1S/C21H41N5O3S.C9H14N2O3.3C2H6.H2S/c1-14(2)17(13-22-29-30-25(7)16-10-11-16)23-20(28)24-18(21(4,5)6)19(27)26-12-8-9-15(26)3;10-9(14)8(13)7(11-5-12)4-6-2-1-3-6;3*1-2;/h14-18,22H,8-13H2,1-7H3,(H2,23,24,28);5-7H,1-4H2,(H2,10,14)(H,11,12);3*1-2H3;1H2. The van der Waals surface area contributed by atoms with E-state index in [9.17, 15) is 24.0 Å². The Hall–Kier alpha value is -2.07. The maximum absolute atomic E-state index is 13.1. The van der Waals surface area contributed by atoms with E-state index in [1.54, 1.807) is 0 Å². The quantitative estimate of drug-likeness (QED) is 0.0342. The lowest BCUT2D eigenvalue weighted by atomic mass is 9.80. The minimum atomic E-state index is -0.983. The Bertz CT molecular complexity index is 978. The van der Waals surface area contributed by atoms with Gasteiger partial charge < -0.3 is 26.6 Å². The van der Waals surface area contributed by atoms with Gasteiger partial charge in [0.1, 0.15) is 18.3 Å². The summed E-state index contributed by atoms with van der Waals surface area (Å²) in [6, 6.07) is -0.917. The zero-order valence-corrected chi connectivity index (χ0v) is 35.8. The molecule has 0 aromatic rings. The summed E-state index contributed by atoms with van der Waals surface area (Å²) in [5.41, 5.74) is 7.42. The Balaban J connectivity index is -0.000000920. The van der Waals surface area contributed by atoms with Crippen molar-refractivity contribution < 1.29 is 28.3 Å². The van der Waals surface area contributed by atoms with Gasteiger partial charge in [-0.1, -0.05) is 95.4 Å². The summed E-state index contributed by atoms with van der Waals surface area (Å²) >= 11 is 1.30. The predicted octanol–water partition coefficient (Wildman–Crippen LogP) is 5.45. The van der Waals surface area contributed by atoms with Gasteiger partial charge in [0.25, 0.3) is 5.91 Å². The molecule has 3 rings (SSSR count). The molecule has 13 nitrogen and oxygen atoms in total. The van der Waals surface area contributed by atoms with Crippen LogP contribution in [-0.2, 0) is 23.5 Å². The fourth-order valence-electron chi connectivity index (χ4n) is 5.14. The maximum Gasteiger partial charge on any atom is 0.315 e. The lowest BCUT2D eigenvalue weighted by Gasteiger charge is -2.35. The Morgan fingerprint density at radius 2 is 1.53 bits per heavy atom. The first-order valence-electron chi connectivity index (χ1n) is 18.9. The van der Waals surface area contributed by atoms with Crippen LogP contribution in [0.4, 0.5) is 4.79 Å². The van der Waals surface area contributed by atoms with Crippen molar-refractivity contribution in [1.82, 2.24) is 30.6 Å². The third-order valence-electron chi connectivity index (χ3n) is 8.55. The normalized spacial score (nSPS) is 18.1. The number of carbonyl (C=O) groups excluding carboxylic acids is 5. The van der Waals surface area contributed by atoms with E-state index in [1.807, 2.05) is 88.1 Å². The summed E-state index contributed by atoms with van der Waals surface area (Å²) < 4.78 is 7.57. The number of urea groups is 1. The number of amides is 5. The first kappa shape index (κ1) is 53.3. The highest BCUT2D eigenvalue weighted by molar-refractivity contribution is 7.92. The summed E-state index contributed by atoms with van der Waals surface area (Å²) in [5, 5.41) is 8.29. The van der Waals surface area contributed by atoms with E-state index in [2.05, 4.69) is 32.7 Å². The first-order valence-corrected chi connectivity index (χ1v) is 19.6. The Morgan fingerprint density at radius 1 is 0.961 bits per heavy atom. The van der Waals surface area contributed by atoms with Gasteiger partial charge in [-0.15, -0.1) is 0 Å². The average molecular weight is 766 g/mol. The molecule has 15 heteroatoms. The van der Waals surface area contributed by atoms with Crippen LogP contribution in [0.5, 0.6) is 0 Å². The number of nitrogens with one attached hydrogen (secondary N) is 4. The van der Waals surface area contributed by atoms with E-state index >= 15 is 0 Å². The summed E-state index contributed by atoms with van der Waals surface area (Å²) in [6.07, 6.45) is 8.70. The Morgan fingerprint density at radius 3 is 1.92 bits per heavy atom. The lowest BCUT2D eigenvalue weighted by Crippen LogP contribution is -2.59. The molecular weight excluding hydrogens is 691 g/mol. The van der Waals surface area contributed by atoms with Crippen LogP contribution in [0.15, 0.2) is 0 Å². The molecule has 3 aliphatic rings. The number of likely N-dealkylation sites (tertiary alicyclic amines) is 1. The molecule has 0 aromatic carbocycles. The van der Waals surface area contributed by atoms with Crippen LogP contribution in [0.1, 0.15) is 134 Å². The Labute approximate surface area is 321 Å². The molecule has 51 heavy (non-hydrogen) atoms. The van der Waals surface area contributed by atoms with E-state index in [0.29, 0.717) is 31.3 Å². The number of hydrogen-bond donors (Lipinski definition) is 5. The van der Waals surface area contributed by atoms with Crippen LogP contribution in [0.2, 0.25) is 0 Å². The number of Topliss-reactive ketones (excluding diaryl/α,β-unsaturated/α-hetero) is 1. The fourth-order valence-corrected chi connectivity index (χ4v) is 5.71. The summed E-state index contributed by atoms with van der Waals surface area (Å²) in [6.45, 7) is 25.4. The van der Waals surface area contributed by atoms with E-state index in [-0.39, 0.29) is 48.9 Å². The van der Waals surface area contributed by atoms with Crippen LogP contribution in [-0.4, -0.2) is 89.6 Å². The molecule has 1 saturated heterocycles. The molecule has 302 valence electrons. The Kier molecular flexibility index (Phi) is 30.7. The van der Waals surface area contributed by atoms with Gasteiger partial charge >= 0.3 is 6.03 Å². The van der Waals surface area contributed by atoms with Crippen molar-refractivity contribution >= 4 is 55.8 Å². The molecule has 2 saturated carbocycles. The van der Waals surface area contributed by atoms with Gasteiger partial charge in [-0.3, -0.25) is 19.2 Å². The highest BCUT2D eigenvalue weighted by Gasteiger charge is 2.39. The largest absolute Gasteiger partial charge is 0.363 e. The number of ketones is 1. The second-order valence-electron chi connectivity index (χ2n) is 13.7. The highest BCUT2D eigenvalue weighted by Crippen LogP contribution is 2.31. The molecule has 4 atom stereocenters. The van der Waals surface area contributed by atoms with Crippen molar-refractivity contribution in [3.05, 3.63) is 0 Å². The molecule has 0 bridgehead atoms. The lowest BCUT2D eigenvalue weighted by molar-refractivity contribution is -0.138. The first-order chi connectivity index (χ1) is 23.6. The molecule has 0 spiro atoms. The van der Waals surface area contributed by atoms with Crippen molar-refractivity contribution in [3.8, 4) is 0 Å². The van der Waals surface area contributed by atoms with Gasteiger partial charge in [-0.25, -0.2) is 13.4 Å². The van der Waals surface area contributed by atoms with E-state index < -0.39 is 23.8 Å². The zero-order valence-electron chi connectivity index (χ0n) is 34.0. The highest BCUT2D eigenvalue weighted by atomic mass is 32.2. The van der Waals surface area contributed by atoms with Crippen LogP contribution in [0, 0.1) is 17.3 Å². The summed E-state index contributed by atoms with van der Waals surface area (Å²) in [4.78, 5) is 59.9. The van der Waals surface area contributed by atoms with Gasteiger partial charge in [0, 0.05) is 31.2 Å². The molecule has 5 amide bonds. The van der Waals surface area contributed by atoms with Crippen LogP contribution < -0.4 is 27.2 Å². The molecule has 1 heterocycles. The smallest absolute Gasteiger partial charge is 0.315 e. The SMILES string of the molecule is CC.CC.CC.CC(C)C(CNOSN(C)C1CC1)NC(=O)NC(C(=O)N1CCCC1C)C(C)(C)C.NC(=O)C(=O)C(CC1CCC1)NC=O.S. The molecule has 6 N–H and O–H groups in total. The number of carbonyl (C=O) groups is 5. The molecule has 0 radical (unpaired) electrons. The van der Waals surface area contributed by atoms with E-state index in [0.717, 1.165) is 38.6 Å². The van der Waals surface area contributed by atoms with Crippen LogP contribution in [0.3, 0.4) is 0 Å². The maximum atomic E-state index is 13.1. The average Bonchev–Trinajstić information content (AvgIpc) is 3.84. The van der Waals surface area contributed by atoms with Gasteiger partial charge in [0.2, 0.25) is 18.1 Å². The third kappa shape index (κ3) is 21.3. The van der Waals surface area contributed by atoms with Gasteiger partial charge in [0.05, 0.1) is 6.04 Å². The van der Waals surface area contributed by atoms with Gasteiger partial charge in [-0.05, 0) is 63.3 Å². The third-order valence-corrected chi connectivity index (χ3v) is 9.27. The number of hydroxylamine groups is 1. The van der Waals surface area contributed by atoms with E-state index in [4.69, 9.17) is 10.0 Å². The number of rotatable bonds is 16. The summed E-state index contributed by atoms with van der Waals surface area (Å²) in [5.74, 6) is -1.03. The molecule has 0 aromatic heterocycles. The topological polar surface area (TPSA) is 175 Å². The van der Waals surface area contributed by atoms with Crippen molar-refractivity contribution in [2.45, 2.75) is 165 Å². The number of nitrogens with zero attached hydrogens (tertiary/aromatic N) is 2. The van der Waals surface area contributed by atoms with Crippen LogP contribution in [0.25, 0.3) is 0 Å². The molecular formula is C36H75N7O6S2. The van der Waals surface area contributed by atoms with Gasteiger partial charge in [-0.2, -0.15) is 19.0 Å². The van der Waals surface area contributed by atoms with E-state index in [1.165, 1.54) is 25.1 Å². The minimum Gasteiger partial charge on any atom is -0.363 e. The fraction of sp³-hybridized carbons (Fsp3) is 0.861. The monoisotopic (exact) mass is 766 g/mol. The predicted molar refractivity (Wildman–Crippen MR) is 215 cm³/mol. The van der Waals surface area contributed by atoms with Crippen LogP contribution >= 0.6 is 25.7 Å². The second kappa shape index (κ2) is 29.4. The van der Waals surface area contributed by atoms with Crippen molar-refractivity contribution in [1.29, 1.82) is 0 Å². The van der Waals surface area contributed by atoms with Crippen molar-refractivity contribution in [3.63, 3.8) is 0 Å². The molecule has 4 unspecified atom stereocenters. The van der Waals surface area contributed by atoms with Gasteiger partial charge in [0.15, 0.2) is 0 Å². The summed E-state index contributed by atoms with van der Waals surface area (Å²) in [7, 11) is 2.01. The molecule has 2 aliphatic carbocycles. The molecule has 3 fully saturated rings. The molecule has 1 aliphatic heterocycles.